The van der Waals surface area contributed by atoms with Crippen molar-refractivity contribution in [2.75, 3.05) is 26.7 Å². The van der Waals surface area contributed by atoms with E-state index in [1.165, 1.54) is 16.5 Å². The molecule has 1 atom stereocenters. The van der Waals surface area contributed by atoms with Crippen LogP contribution in [0.15, 0.2) is 24.4 Å². The highest BCUT2D eigenvalue weighted by Crippen LogP contribution is 2.26. The minimum atomic E-state index is 0.398. The van der Waals surface area contributed by atoms with Crippen molar-refractivity contribution in [3.05, 3.63) is 30.0 Å². The van der Waals surface area contributed by atoms with E-state index in [4.69, 9.17) is 0 Å². The summed E-state index contributed by atoms with van der Waals surface area (Å²) in [4.78, 5) is 2.42. The van der Waals surface area contributed by atoms with Gasteiger partial charge in [-0.3, -0.25) is 9.58 Å². The number of hydrogen-bond donors (Lipinski definition) is 1. The minimum absolute atomic E-state index is 0.398. The van der Waals surface area contributed by atoms with Crippen LogP contribution >= 0.6 is 0 Å². The Morgan fingerprint density at radius 2 is 2.21 bits per heavy atom. The van der Waals surface area contributed by atoms with Gasteiger partial charge in [0.25, 0.3) is 0 Å². The average Bonchev–Trinajstić information content (AvgIpc) is 2.82. The van der Waals surface area contributed by atoms with Crippen LogP contribution in [0.3, 0.4) is 0 Å². The predicted molar refractivity (Wildman–Crippen MR) is 78.4 cm³/mol. The van der Waals surface area contributed by atoms with E-state index in [1.807, 2.05) is 6.20 Å². The fraction of sp³-hybridized carbons (Fsp3) is 0.533. The van der Waals surface area contributed by atoms with Crippen molar-refractivity contribution in [1.29, 1.82) is 0 Å². The molecule has 1 saturated heterocycles. The lowest BCUT2D eigenvalue weighted by Gasteiger charge is -2.33. The molecule has 0 aliphatic carbocycles. The summed E-state index contributed by atoms with van der Waals surface area (Å²) < 4.78 is 2.11. The van der Waals surface area contributed by atoms with Gasteiger partial charge in [-0.15, -0.1) is 0 Å². The van der Waals surface area contributed by atoms with Gasteiger partial charge in [0, 0.05) is 37.1 Å². The average molecular weight is 258 g/mol. The molecule has 2 heterocycles. The zero-order valence-electron chi connectivity index (χ0n) is 11.9. The Balaban J connectivity index is 2.02. The predicted octanol–water partition coefficient (Wildman–Crippen LogP) is 2.19. The molecule has 0 spiro atoms. The molecular weight excluding hydrogens is 236 g/mol. The van der Waals surface area contributed by atoms with Gasteiger partial charge < -0.3 is 5.32 Å². The van der Waals surface area contributed by atoms with Crippen LogP contribution in [0.4, 0.5) is 0 Å². The molecule has 19 heavy (non-hydrogen) atoms. The van der Waals surface area contributed by atoms with Gasteiger partial charge in [0.05, 0.1) is 11.7 Å². The standard InChI is InChI=1S/C15H22N4/c1-11(2)19-14-8-12(4-5-13(14)9-17-19)15-10-16-6-7-18(15)3/h4-5,8-9,11,15-16H,6-7,10H2,1-3H3. The molecular formula is C15H22N4. The van der Waals surface area contributed by atoms with E-state index in [0.29, 0.717) is 12.1 Å². The summed E-state index contributed by atoms with van der Waals surface area (Å²) in [6.45, 7) is 7.56. The Bertz CT molecular complexity index is 573. The van der Waals surface area contributed by atoms with Crippen molar-refractivity contribution in [3.63, 3.8) is 0 Å². The molecule has 0 saturated carbocycles. The molecule has 1 fully saturated rings. The summed E-state index contributed by atoms with van der Waals surface area (Å²) in [6.07, 6.45) is 1.96. The molecule has 1 aliphatic heterocycles. The first-order chi connectivity index (χ1) is 9.16. The second-order valence-electron chi connectivity index (χ2n) is 5.70. The molecule has 1 N–H and O–H groups in total. The van der Waals surface area contributed by atoms with Crippen molar-refractivity contribution in [2.24, 2.45) is 0 Å². The number of nitrogens with one attached hydrogen (secondary N) is 1. The molecule has 3 rings (SSSR count). The topological polar surface area (TPSA) is 33.1 Å². The van der Waals surface area contributed by atoms with Crippen LogP contribution in [0.5, 0.6) is 0 Å². The molecule has 0 bridgehead atoms. The summed E-state index contributed by atoms with van der Waals surface area (Å²) in [5.74, 6) is 0. The Morgan fingerprint density at radius 3 is 2.95 bits per heavy atom. The molecule has 1 aromatic heterocycles. The van der Waals surface area contributed by atoms with Crippen LogP contribution in [-0.4, -0.2) is 41.4 Å². The van der Waals surface area contributed by atoms with Crippen molar-refractivity contribution in [3.8, 4) is 0 Å². The molecule has 1 unspecified atom stereocenters. The maximum atomic E-state index is 4.49. The molecule has 0 amide bonds. The van der Waals surface area contributed by atoms with Crippen molar-refractivity contribution in [2.45, 2.75) is 25.9 Å². The lowest BCUT2D eigenvalue weighted by atomic mass is 10.0. The van der Waals surface area contributed by atoms with Gasteiger partial charge in [-0.25, -0.2) is 0 Å². The van der Waals surface area contributed by atoms with Crippen LogP contribution in [0.25, 0.3) is 10.9 Å². The second kappa shape index (κ2) is 4.94. The zero-order valence-corrected chi connectivity index (χ0v) is 11.9. The Kier molecular flexibility index (Phi) is 3.29. The number of fused-ring (bicyclic) bond motifs is 1. The normalized spacial score (nSPS) is 21.4. The maximum Gasteiger partial charge on any atom is 0.0688 e. The highest BCUT2D eigenvalue weighted by atomic mass is 15.3. The second-order valence-corrected chi connectivity index (χ2v) is 5.70. The molecule has 1 aliphatic rings. The lowest BCUT2D eigenvalue weighted by Crippen LogP contribution is -2.43. The summed E-state index contributed by atoms with van der Waals surface area (Å²) >= 11 is 0. The highest BCUT2D eigenvalue weighted by Gasteiger charge is 2.21. The van der Waals surface area contributed by atoms with E-state index in [2.05, 4.69) is 59.1 Å². The first kappa shape index (κ1) is 12.6. The van der Waals surface area contributed by atoms with Gasteiger partial charge in [-0.2, -0.15) is 5.10 Å². The molecule has 2 aromatic rings. The Morgan fingerprint density at radius 1 is 1.37 bits per heavy atom. The number of likely N-dealkylation sites (N-methyl/N-ethyl adjacent to an activating group) is 1. The summed E-state index contributed by atoms with van der Waals surface area (Å²) in [6, 6.07) is 7.60. The van der Waals surface area contributed by atoms with Gasteiger partial charge >= 0.3 is 0 Å². The summed E-state index contributed by atoms with van der Waals surface area (Å²) in [7, 11) is 2.20. The first-order valence-electron chi connectivity index (χ1n) is 7.05. The fourth-order valence-electron chi connectivity index (χ4n) is 2.85. The monoisotopic (exact) mass is 258 g/mol. The van der Waals surface area contributed by atoms with E-state index >= 15 is 0 Å². The van der Waals surface area contributed by atoms with E-state index in [9.17, 15) is 0 Å². The highest BCUT2D eigenvalue weighted by molar-refractivity contribution is 5.79. The van der Waals surface area contributed by atoms with Gasteiger partial charge in [-0.05, 0) is 32.5 Å². The quantitative estimate of drug-likeness (QED) is 0.896. The maximum absolute atomic E-state index is 4.49. The SMILES string of the molecule is CC(C)n1ncc2ccc(C3CNCCN3C)cc21. The van der Waals surface area contributed by atoms with Crippen molar-refractivity contribution in [1.82, 2.24) is 20.0 Å². The van der Waals surface area contributed by atoms with E-state index in [1.54, 1.807) is 0 Å². The van der Waals surface area contributed by atoms with Crippen molar-refractivity contribution < 1.29 is 0 Å². The number of rotatable bonds is 2. The van der Waals surface area contributed by atoms with Crippen LogP contribution in [0, 0.1) is 0 Å². The lowest BCUT2D eigenvalue weighted by molar-refractivity contribution is 0.202. The Labute approximate surface area is 114 Å². The molecule has 0 radical (unpaired) electrons. The van der Waals surface area contributed by atoms with Crippen molar-refractivity contribution >= 4 is 10.9 Å². The zero-order chi connectivity index (χ0) is 13.4. The largest absolute Gasteiger partial charge is 0.314 e. The third kappa shape index (κ3) is 2.26. The Hall–Kier alpha value is -1.39. The minimum Gasteiger partial charge on any atom is -0.314 e. The number of aromatic nitrogens is 2. The fourth-order valence-corrected chi connectivity index (χ4v) is 2.85. The van der Waals surface area contributed by atoms with Crippen LogP contribution < -0.4 is 5.32 Å². The van der Waals surface area contributed by atoms with Gasteiger partial charge in [-0.1, -0.05) is 12.1 Å². The number of piperazine rings is 1. The number of benzene rings is 1. The van der Waals surface area contributed by atoms with Crippen LogP contribution in [-0.2, 0) is 0 Å². The van der Waals surface area contributed by atoms with Gasteiger partial charge in [0.2, 0.25) is 0 Å². The molecule has 4 nitrogen and oxygen atoms in total. The third-order valence-electron chi connectivity index (χ3n) is 4.01. The van der Waals surface area contributed by atoms with E-state index in [0.717, 1.165) is 19.6 Å². The smallest absolute Gasteiger partial charge is 0.0688 e. The molecule has 102 valence electrons. The van der Waals surface area contributed by atoms with E-state index < -0.39 is 0 Å². The van der Waals surface area contributed by atoms with Crippen LogP contribution in [0.2, 0.25) is 0 Å². The van der Waals surface area contributed by atoms with E-state index in [-0.39, 0.29) is 0 Å². The van der Waals surface area contributed by atoms with Gasteiger partial charge in [0.1, 0.15) is 0 Å². The third-order valence-corrected chi connectivity index (χ3v) is 4.01. The molecule has 1 aromatic carbocycles. The number of hydrogen-bond acceptors (Lipinski definition) is 3. The summed E-state index contributed by atoms with van der Waals surface area (Å²) in [5, 5.41) is 9.19. The first-order valence-corrected chi connectivity index (χ1v) is 7.05. The van der Waals surface area contributed by atoms with Gasteiger partial charge in [0.15, 0.2) is 0 Å². The molecule has 4 heteroatoms. The number of nitrogens with zero attached hydrogens (tertiary/aromatic N) is 3. The summed E-state index contributed by atoms with van der Waals surface area (Å²) in [5.41, 5.74) is 2.62. The van der Waals surface area contributed by atoms with Crippen LogP contribution in [0.1, 0.15) is 31.5 Å².